The molecule has 1 aliphatic carbocycles. The minimum atomic E-state index is 0.296. The van der Waals surface area contributed by atoms with Crippen LogP contribution in [0.5, 0.6) is 0 Å². The van der Waals surface area contributed by atoms with Crippen molar-refractivity contribution in [2.24, 2.45) is 5.73 Å². The minimum absolute atomic E-state index is 0.296. The SMILES string of the molecule is CCC(CC(=N)N)N(CCOC)C1CC1. The van der Waals surface area contributed by atoms with Gasteiger partial charge in [0.1, 0.15) is 0 Å². The van der Waals surface area contributed by atoms with Gasteiger partial charge in [-0.15, -0.1) is 0 Å². The van der Waals surface area contributed by atoms with Crippen molar-refractivity contribution in [1.82, 2.24) is 4.90 Å². The number of ether oxygens (including phenoxy) is 1. The molecule has 0 spiro atoms. The summed E-state index contributed by atoms with van der Waals surface area (Å²) >= 11 is 0. The summed E-state index contributed by atoms with van der Waals surface area (Å²) in [5, 5.41) is 7.38. The molecule has 1 rings (SSSR count). The summed E-state index contributed by atoms with van der Waals surface area (Å²) < 4.78 is 5.12. The zero-order valence-corrected chi connectivity index (χ0v) is 9.83. The van der Waals surface area contributed by atoms with E-state index in [-0.39, 0.29) is 0 Å². The van der Waals surface area contributed by atoms with E-state index in [1.54, 1.807) is 7.11 Å². The van der Waals surface area contributed by atoms with Crippen LogP contribution in [0.4, 0.5) is 0 Å². The fraction of sp³-hybridized carbons (Fsp3) is 0.909. The molecule has 0 aromatic carbocycles. The van der Waals surface area contributed by atoms with E-state index in [1.165, 1.54) is 12.8 Å². The Balaban J connectivity index is 2.46. The van der Waals surface area contributed by atoms with Gasteiger partial charge in [-0.05, 0) is 19.3 Å². The third-order valence-electron chi connectivity index (χ3n) is 2.97. The number of rotatable bonds is 8. The Morgan fingerprint density at radius 2 is 2.27 bits per heavy atom. The molecule has 0 aliphatic heterocycles. The molecule has 0 aromatic heterocycles. The van der Waals surface area contributed by atoms with Gasteiger partial charge in [-0.25, -0.2) is 0 Å². The molecule has 4 nitrogen and oxygen atoms in total. The number of hydrogen-bond acceptors (Lipinski definition) is 3. The number of nitrogens with zero attached hydrogens (tertiary/aromatic N) is 1. The van der Waals surface area contributed by atoms with Gasteiger partial charge >= 0.3 is 0 Å². The maximum atomic E-state index is 7.38. The quantitative estimate of drug-likeness (QED) is 0.470. The molecule has 0 bridgehead atoms. The van der Waals surface area contributed by atoms with Gasteiger partial charge in [0.2, 0.25) is 0 Å². The highest BCUT2D eigenvalue weighted by Gasteiger charge is 2.32. The third kappa shape index (κ3) is 4.18. The molecule has 0 radical (unpaired) electrons. The van der Waals surface area contributed by atoms with Crippen molar-refractivity contribution in [2.75, 3.05) is 20.3 Å². The molecule has 1 saturated carbocycles. The normalized spacial score (nSPS) is 18.1. The monoisotopic (exact) mass is 213 g/mol. The molecule has 1 fully saturated rings. The van der Waals surface area contributed by atoms with E-state index in [0.29, 0.717) is 24.3 Å². The summed E-state index contributed by atoms with van der Waals surface area (Å²) in [5.41, 5.74) is 5.48. The van der Waals surface area contributed by atoms with E-state index < -0.39 is 0 Å². The summed E-state index contributed by atoms with van der Waals surface area (Å²) in [4.78, 5) is 2.46. The van der Waals surface area contributed by atoms with Crippen LogP contribution < -0.4 is 5.73 Å². The first kappa shape index (κ1) is 12.5. The lowest BCUT2D eigenvalue weighted by molar-refractivity contribution is 0.113. The highest BCUT2D eigenvalue weighted by atomic mass is 16.5. The molecule has 1 atom stereocenters. The molecule has 1 unspecified atom stereocenters. The Kier molecular flexibility index (Phi) is 5.05. The first-order valence-corrected chi connectivity index (χ1v) is 5.76. The Morgan fingerprint density at radius 3 is 2.67 bits per heavy atom. The Hall–Kier alpha value is -0.610. The fourth-order valence-corrected chi connectivity index (χ4v) is 2.02. The predicted molar refractivity (Wildman–Crippen MR) is 62.2 cm³/mol. The first-order valence-electron chi connectivity index (χ1n) is 5.76. The fourth-order valence-electron chi connectivity index (χ4n) is 2.02. The first-order chi connectivity index (χ1) is 7.19. The lowest BCUT2D eigenvalue weighted by atomic mass is 10.1. The van der Waals surface area contributed by atoms with Crippen molar-refractivity contribution in [3.63, 3.8) is 0 Å². The molecule has 88 valence electrons. The molecule has 0 heterocycles. The van der Waals surface area contributed by atoms with Gasteiger partial charge in [-0.1, -0.05) is 6.92 Å². The lowest BCUT2D eigenvalue weighted by Gasteiger charge is -2.30. The van der Waals surface area contributed by atoms with Crippen LogP contribution in [0.2, 0.25) is 0 Å². The van der Waals surface area contributed by atoms with Crippen LogP contribution in [0, 0.1) is 5.41 Å². The van der Waals surface area contributed by atoms with E-state index >= 15 is 0 Å². The molecular formula is C11H23N3O. The van der Waals surface area contributed by atoms with Crippen LogP contribution in [0.1, 0.15) is 32.6 Å². The smallest absolute Gasteiger partial charge is 0.0921 e. The second-order valence-electron chi connectivity index (χ2n) is 4.25. The number of nitrogens with one attached hydrogen (secondary N) is 1. The maximum Gasteiger partial charge on any atom is 0.0921 e. The summed E-state index contributed by atoms with van der Waals surface area (Å²) in [6.07, 6.45) is 4.33. The van der Waals surface area contributed by atoms with Crippen LogP contribution in [-0.4, -0.2) is 43.1 Å². The summed E-state index contributed by atoms with van der Waals surface area (Å²) in [6.45, 7) is 3.90. The number of hydrogen-bond donors (Lipinski definition) is 2. The van der Waals surface area contributed by atoms with Gasteiger partial charge in [0.05, 0.1) is 12.4 Å². The van der Waals surface area contributed by atoms with E-state index in [2.05, 4.69) is 11.8 Å². The van der Waals surface area contributed by atoms with Crippen LogP contribution in [0.3, 0.4) is 0 Å². The van der Waals surface area contributed by atoms with Gasteiger partial charge < -0.3 is 10.5 Å². The average molecular weight is 213 g/mol. The zero-order valence-electron chi connectivity index (χ0n) is 9.83. The minimum Gasteiger partial charge on any atom is -0.388 e. The van der Waals surface area contributed by atoms with Gasteiger partial charge in [0, 0.05) is 32.2 Å². The predicted octanol–water partition coefficient (Wildman–Crippen LogP) is 1.20. The number of amidine groups is 1. The van der Waals surface area contributed by atoms with Crippen LogP contribution in [-0.2, 0) is 4.74 Å². The Labute approximate surface area is 92.3 Å². The van der Waals surface area contributed by atoms with Crippen LogP contribution in [0.25, 0.3) is 0 Å². The second kappa shape index (κ2) is 6.08. The van der Waals surface area contributed by atoms with Crippen molar-refractivity contribution < 1.29 is 4.74 Å². The largest absolute Gasteiger partial charge is 0.388 e. The third-order valence-corrected chi connectivity index (χ3v) is 2.97. The van der Waals surface area contributed by atoms with Crippen molar-refractivity contribution in [3.05, 3.63) is 0 Å². The Morgan fingerprint density at radius 1 is 1.60 bits per heavy atom. The highest BCUT2D eigenvalue weighted by molar-refractivity contribution is 5.77. The summed E-state index contributed by atoms with van der Waals surface area (Å²) in [6, 6.07) is 1.13. The molecular weight excluding hydrogens is 190 g/mol. The van der Waals surface area contributed by atoms with E-state index in [0.717, 1.165) is 19.6 Å². The summed E-state index contributed by atoms with van der Waals surface area (Å²) in [7, 11) is 1.73. The zero-order chi connectivity index (χ0) is 11.3. The van der Waals surface area contributed by atoms with E-state index in [1.807, 2.05) is 0 Å². The average Bonchev–Trinajstić information content (AvgIpc) is 3.00. The second-order valence-corrected chi connectivity index (χ2v) is 4.25. The number of methoxy groups -OCH3 is 1. The van der Waals surface area contributed by atoms with Crippen molar-refractivity contribution in [3.8, 4) is 0 Å². The molecule has 3 N–H and O–H groups in total. The topological polar surface area (TPSA) is 62.3 Å². The molecule has 4 heteroatoms. The van der Waals surface area contributed by atoms with Crippen LogP contribution >= 0.6 is 0 Å². The molecule has 0 saturated heterocycles. The Bertz CT molecular complexity index is 204. The van der Waals surface area contributed by atoms with Crippen molar-refractivity contribution in [2.45, 2.75) is 44.7 Å². The van der Waals surface area contributed by atoms with Crippen molar-refractivity contribution in [1.29, 1.82) is 5.41 Å². The molecule has 0 amide bonds. The van der Waals surface area contributed by atoms with Crippen LogP contribution in [0.15, 0.2) is 0 Å². The molecule has 15 heavy (non-hydrogen) atoms. The molecule has 0 aromatic rings. The van der Waals surface area contributed by atoms with Gasteiger partial charge in [-0.3, -0.25) is 10.3 Å². The maximum absolute atomic E-state index is 7.38. The summed E-state index contributed by atoms with van der Waals surface area (Å²) in [5.74, 6) is 0.296. The lowest BCUT2D eigenvalue weighted by Crippen LogP contribution is -2.41. The van der Waals surface area contributed by atoms with Gasteiger partial charge in [-0.2, -0.15) is 0 Å². The molecule has 1 aliphatic rings. The standard InChI is InChI=1S/C11H23N3O/c1-3-9(8-11(12)13)14(6-7-15-2)10-4-5-10/h9-10H,3-8H2,1-2H3,(H3,12,13). The van der Waals surface area contributed by atoms with Gasteiger partial charge in [0.15, 0.2) is 0 Å². The van der Waals surface area contributed by atoms with E-state index in [4.69, 9.17) is 15.9 Å². The van der Waals surface area contributed by atoms with Gasteiger partial charge in [0.25, 0.3) is 0 Å². The highest BCUT2D eigenvalue weighted by Crippen LogP contribution is 2.30. The number of nitrogens with two attached hydrogens (primary N) is 1. The van der Waals surface area contributed by atoms with E-state index in [9.17, 15) is 0 Å². The van der Waals surface area contributed by atoms with Crippen molar-refractivity contribution >= 4 is 5.84 Å².